The van der Waals surface area contributed by atoms with Gasteiger partial charge in [-0.2, -0.15) is 0 Å². The van der Waals surface area contributed by atoms with E-state index in [1.807, 2.05) is 17.5 Å². The number of hydrogen-bond acceptors (Lipinski definition) is 6. The molecule has 1 unspecified atom stereocenters. The number of nitrogens with one attached hydrogen (secondary N) is 2. The van der Waals surface area contributed by atoms with E-state index in [2.05, 4.69) is 53.7 Å². The van der Waals surface area contributed by atoms with E-state index in [-0.39, 0.29) is 12.5 Å². The van der Waals surface area contributed by atoms with E-state index in [1.165, 1.54) is 53.2 Å². The Morgan fingerprint density at radius 3 is 2.81 bits per heavy atom. The first kappa shape index (κ1) is 23.4. The van der Waals surface area contributed by atoms with Gasteiger partial charge in [0.25, 0.3) is 5.91 Å². The maximum Gasteiger partial charge on any atom is 0.267 e. The lowest BCUT2D eigenvalue weighted by Crippen LogP contribution is -2.10. The van der Waals surface area contributed by atoms with E-state index in [0.29, 0.717) is 23.0 Å². The SMILES string of the molecule is CCCC(C)CCc1ccccc1NCc1ccc(C(=O)Nc2nc(CCO)cs2)s1. The Balaban J connectivity index is 1.54. The molecule has 7 heteroatoms. The average molecular weight is 458 g/mol. The molecular formula is C24H31N3O2S2. The van der Waals surface area contributed by atoms with Crippen molar-refractivity contribution in [1.82, 2.24) is 4.98 Å². The second kappa shape index (κ2) is 12.0. The Morgan fingerprint density at radius 2 is 2.00 bits per heavy atom. The normalized spacial score (nSPS) is 12.0. The summed E-state index contributed by atoms with van der Waals surface area (Å²) in [5, 5.41) is 17.8. The fourth-order valence-corrected chi connectivity index (χ4v) is 5.06. The second-order valence-electron chi connectivity index (χ2n) is 7.78. The first-order valence-corrected chi connectivity index (χ1v) is 12.6. The van der Waals surface area contributed by atoms with Gasteiger partial charge in [-0.25, -0.2) is 4.98 Å². The highest BCUT2D eigenvalue weighted by molar-refractivity contribution is 7.15. The highest BCUT2D eigenvalue weighted by Crippen LogP contribution is 2.24. The molecule has 0 radical (unpaired) electrons. The standard InChI is InChI=1S/C24H31N3O2S2/c1-3-6-17(2)9-10-18-7-4-5-8-21(18)25-15-20-11-12-22(31-20)23(29)27-24-26-19(13-14-28)16-30-24/h4-5,7-8,11-12,16-17,25,28H,3,6,9-10,13-15H2,1-2H3,(H,26,27,29). The molecule has 2 aromatic heterocycles. The van der Waals surface area contributed by atoms with Crippen LogP contribution in [0, 0.1) is 5.92 Å². The number of anilines is 2. The number of aliphatic hydroxyl groups excluding tert-OH is 1. The highest BCUT2D eigenvalue weighted by Gasteiger charge is 2.12. The van der Waals surface area contributed by atoms with Gasteiger partial charge in [-0.05, 0) is 42.5 Å². The smallest absolute Gasteiger partial charge is 0.267 e. The molecule has 0 spiro atoms. The minimum atomic E-state index is -0.147. The van der Waals surface area contributed by atoms with Gasteiger partial charge < -0.3 is 10.4 Å². The summed E-state index contributed by atoms with van der Waals surface area (Å²) in [6.45, 7) is 5.32. The Kier molecular flexibility index (Phi) is 9.06. The summed E-state index contributed by atoms with van der Waals surface area (Å²) in [5.74, 6) is 0.598. The van der Waals surface area contributed by atoms with E-state index in [4.69, 9.17) is 5.11 Å². The summed E-state index contributed by atoms with van der Waals surface area (Å²) in [6, 6.07) is 12.4. The summed E-state index contributed by atoms with van der Waals surface area (Å²) in [4.78, 5) is 18.6. The zero-order valence-corrected chi connectivity index (χ0v) is 19.8. The second-order valence-corrected chi connectivity index (χ2v) is 9.81. The van der Waals surface area contributed by atoms with Crippen molar-refractivity contribution in [3.05, 3.63) is 62.8 Å². The number of nitrogens with zero attached hydrogens (tertiary/aromatic N) is 1. The van der Waals surface area contributed by atoms with Crippen LogP contribution in [0.15, 0.2) is 41.8 Å². The van der Waals surface area contributed by atoms with Gasteiger partial charge in [0.1, 0.15) is 0 Å². The monoisotopic (exact) mass is 457 g/mol. The Hall–Kier alpha value is -2.22. The quantitative estimate of drug-likeness (QED) is 0.313. The third-order valence-electron chi connectivity index (χ3n) is 5.18. The lowest BCUT2D eigenvalue weighted by atomic mass is 9.96. The third-order valence-corrected chi connectivity index (χ3v) is 7.07. The predicted octanol–water partition coefficient (Wildman–Crippen LogP) is 5.97. The Bertz CT molecular complexity index is 967. The maximum atomic E-state index is 12.5. The number of hydrogen-bond donors (Lipinski definition) is 3. The minimum absolute atomic E-state index is 0.0549. The maximum absolute atomic E-state index is 12.5. The van der Waals surface area contributed by atoms with Crippen LogP contribution >= 0.6 is 22.7 Å². The molecule has 0 aliphatic rings. The van der Waals surface area contributed by atoms with Crippen molar-refractivity contribution in [2.45, 2.75) is 52.5 Å². The molecule has 0 saturated heterocycles. The van der Waals surface area contributed by atoms with Crippen LogP contribution in [-0.2, 0) is 19.4 Å². The van der Waals surface area contributed by atoms with Gasteiger partial charge in [-0.3, -0.25) is 10.1 Å². The van der Waals surface area contributed by atoms with Gasteiger partial charge in [0.2, 0.25) is 0 Å². The van der Waals surface area contributed by atoms with Crippen LogP contribution in [0.2, 0.25) is 0 Å². The molecule has 0 aliphatic carbocycles. The zero-order chi connectivity index (χ0) is 22.1. The molecule has 3 N–H and O–H groups in total. The molecule has 2 heterocycles. The molecular weight excluding hydrogens is 426 g/mol. The van der Waals surface area contributed by atoms with Crippen LogP contribution in [0.3, 0.4) is 0 Å². The first-order valence-electron chi connectivity index (χ1n) is 10.9. The number of rotatable bonds is 12. The van der Waals surface area contributed by atoms with Gasteiger partial charge in [-0.1, -0.05) is 44.9 Å². The van der Waals surface area contributed by atoms with Gasteiger partial charge in [-0.15, -0.1) is 22.7 Å². The zero-order valence-electron chi connectivity index (χ0n) is 18.2. The third kappa shape index (κ3) is 7.16. The van der Waals surface area contributed by atoms with Crippen molar-refractivity contribution in [3.8, 4) is 0 Å². The summed E-state index contributed by atoms with van der Waals surface area (Å²) in [5.41, 5.74) is 3.31. The van der Waals surface area contributed by atoms with Crippen LogP contribution in [0.25, 0.3) is 0 Å². The number of aliphatic hydroxyl groups is 1. The number of carbonyl (C=O) groups excluding carboxylic acids is 1. The van der Waals surface area contributed by atoms with Crippen LogP contribution in [-0.4, -0.2) is 22.6 Å². The predicted molar refractivity (Wildman–Crippen MR) is 131 cm³/mol. The van der Waals surface area contributed by atoms with Gasteiger partial charge in [0, 0.05) is 35.5 Å². The molecule has 5 nitrogen and oxygen atoms in total. The van der Waals surface area contributed by atoms with Crippen molar-refractivity contribution >= 4 is 39.4 Å². The van der Waals surface area contributed by atoms with E-state index < -0.39 is 0 Å². The van der Waals surface area contributed by atoms with Crippen molar-refractivity contribution in [1.29, 1.82) is 0 Å². The van der Waals surface area contributed by atoms with Crippen molar-refractivity contribution in [3.63, 3.8) is 0 Å². The molecule has 3 rings (SSSR count). The molecule has 3 aromatic rings. The topological polar surface area (TPSA) is 74.2 Å². The molecule has 0 saturated carbocycles. The molecule has 0 bridgehead atoms. The van der Waals surface area contributed by atoms with Crippen LogP contribution in [0.1, 0.15) is 58.9 Å². The number of para-hydroxylation sites is 1. The molecule has 166 valence electrons. The lowest BCUT2D eigenvalue weighted by molar-refractivity contribution is 0.103. The first-order chi connectivity index (χ1) is 15.1. The summed E-state index contributed by atoms with van der Waals surface area (Å²) >= 11 is 2.87. The lowest BCUT2D eigenvalue weighted by Gasteiger charge is -2.14. The van der Waals surface area contributed by atoms with Crippen molar-refractivity contribution < 1.29 is 9.90 Å². The van der Waals surface area contributed by atoms with Crippen molar-refractivity contribution in [2.75, 3.05) is 17.2 Å². The average Bonchev–Trinajstić information content (AvgIpc) is 3.41. The highest BCUT2D eigenvalue weighted by atomic mass is 32.1. The number of aryl methyl sites for hydroxylation is 1. The number of benzene rings is 1. The van der Waals surface area contributed by atoms with E-state index in [0.717, 1.165) is 22.9 Å². The van der Waals surface area contributed by atoms with E-state index >= 15 is 0 Å². The summed E-state index contributed by atoms with van der Waals surface area (Å²) in [6.07, 6.45) is 5.29. The minimum Gasteiger partial charge on any atom is -0.396 e. The molecule has 1 aromatic carbocycles. The van der Waals surface area contributed by atoms with E-state index in [1.54, 1.807) is 0 Å². The number of thiazole rings is 1. The molecule has 1 atom stereocenters. The fourth-order valence-electron chi connectivity index (χ4n) is 3.48. The summed E-state index contributed by atoms with van der Waals surface area (Å²) in [7, 11) is 0. The van der Waals surface area contributed by atoms with Gasteiger partial charge in [0.15, 0.2) is 5.13 Å². The number of amides is 1. The van der Waals surface area contributed by atoms with Gasteiger partial charge >= 0.3 is 0 Å². The van der Waals surface area contributed by atoms with Crippen LogP contribution in [0.5, 0.6) is 0 Å². The van der Waals surface area contributed by atoms with Gasteiger partial charge in [0.05, 0.1) is 10.6 Å². The summed E-state index contributed by atoms with van der Waals surface area (Å²) < 4.78 is 0. The Labute approximate surface area is 192 Å². The molecule has 1 amide bonds. The van der Waals surface area contributed by atoms with Crippen LogP contribution in [0.4, 0.5) is 10.8 Å². The van der Waals surface area contributed by atoms with E-state index in [9.17, 15) is 4.79 Å². The number of carbonyl (C=O) groups is 1. The molecule has 31 heavy (non-hydrogen) atoms. The Morgan fingerprint density at radius 1 is 1.16 bits per heavy atom. The number of thiophene rings is 1. The largest absolute Gasteiger partial charge is 0.396 e. The molecule has 0 aliphatic heterocycles. The van der Waals surface area contributed by atoms with Crippen LogP contribution < -0.4 is 10.6 Å². The number of aromatic nitrogens is 1. The molecule has 0 fully saturated rings. The fraction of sp³-hybridized carbons (Fsp3) is 0.417. The van der Waals surface area contributed by atoms with Crippen molar-refractivity contribution in [2.24, 2.45) is 5.92 Å².